The van der Waals surface area contributed by atoms with Crippen LogP contribution in [0.25, 0.3) is 10.9 Å². The van der Waals surface area contributed by atoms with Crippen molar-refractivity contribution in [3.63, 3.8) is 0 Å². The maximum atomic E-state index is 13.2. The fraction of sp³-hybridized carbons (Fsp3) is 0.273. The second-order valence-electron chi connectivity index (χ2n) is 7.43. The molecule has 2 amide bonds. The Morgan fingerprint density at radius 3 is 2.59 bits per heavy atom. The van der Waals surface area contributed by atoms with Gasteiger partial charge in [-0.2, -0.15) is 0 Å². The summed E-state index contributed by atoms with van der Waals surface area (Å²) in [5.74, 6) is -0.224. The molecular weight excluding hydrogens is 338 g/mol. The van der Waals surface area contributed by atoms with Crippen LogP contribution < -0.4 is 5.32 Å². The highest BCUT2D eigenvalue weighted by Crippen LogP contribution is 2.29. The van der Waals surface area contributed by atoms with Gasteiger partial charge in [0.25, 0.3) is 5.91 Å². The molecule has 1 aliphatic heterocycles. The average Bonchev–Trinajstić information content (AvgIpc) is 3.17. The molecule has 0 bridgehead atoms. The van der Waals surface area contributed by atoms with E-state index in [1.165, 1.54) is 0 Å². The number of aromatic nitrogens is 1. The van der Waals surface area contributed by atoms with Crippen molar-refractivity contribution in [2.24, 2.45) is 13.0 Å². The number of aryl methyl sites for hydroxylation is 1. The van der Waals surface area contributed by atoms with E-state index in [1.807, 2.05) is 80.2 Å². The van der Waals surface area contributed by atoms with Gasteiger partial charge in [-0.1, -0.05) is 38.1 Å². The van der Waals surface area contributed by atoms with Crippen LogP contribution in [0.2, 0.25) is 0 Å². The molecule has 0 aliphatic carbocycles. The normalized spacial score (nSPS) is 14.7. The zero-order chi connectivity index (χ0) is 19.1. The Hall–Kier alpha value is -3.08. The maximum absolute atomic E-state index is 13.2. The van der Waals surface area contributed by atoms with E-state index in [1.54, 1.807) is 4.90 Å². The third-order valence-electron chi connectivity index (χ3n) is 5.27. The molecule has 0 saturated heterocycles. The highest BCUT2D eigenvalue weighted by atomic mass is 16.2. The quantitative estimate of drug-likeness (QED) is 0.768. The summed E-state index contributed by atoms with van der Waals surface area (Å²) in [6.07, 6.45) is 1.97. The molecule has 0 saturated carbocycles. The molecule has 5 heteroatoms. The molecule has 0 fully saturated rings. The summed E-state index contributed by atoms with van der Waals surface area (Å²) in [6.45, 7) is 4.42. The predicted octanol–water partition coefficient (Wildman–Crippen LogP) is 3.80. The summed E-state index contributed by atoms with van der Waals surface area (Å²) in [5.41, 5.74) is 3.50. The number of fused-ring (bicyclic) bond motifs is 2. The molecular formula is C22H23N3O2. The number of hydrogen-bond acceptors (Lipinski definition) is 2. The molecule has 1 N–H and O–H groups in total. The van der Waals surface area contributed by atoms with Gasteiger partial charge in [-0.3, -0.25) is 9.59 Å². The summed E-state index contributed by atoms with van der Waals surface area (Å²) >= 11 is 0. The van der Waals surface area contributed by atoms with E-state index in [2.05, 4.69) is 5.32 Å². The highest BCUT2D eigenvalue weighted by Gasteiger charge is 2.38. The number of anilines is 1. The topological polar surface area (TPSA) is 54.3 Å². The van der Waals surface area contributed by atoms with Crippen molar-refractivity contribution in [2.45, 2.75) is 26.4 Å². The van der Waals surface area contributed by atoms with Crippen LogP contribution in [0.1, 0.15) is 29.8 Å². The van der Waals surface area contributed by atoms with E-state index in [0.29, 0.717) is 12.1 Å². The molecule has 27 heavy (non-hydrogen) atoms. The Bertz CT molecular complexity index is 1030. The first-order valence-electron chi connectivity index (χ1n) is 9.21. The Morgan fingerprint density at radius 2 is 1.85 bits per heavy atom. The number of rotatable bonds is 4. The van der Waals surface area contributed by atoms with Crippen molar-refractivity contribution in [1.82, 2.24) is 9.47 Å². The number of hydrogen-bond donors (Lipinski definition) is 1. The van der Waals surface area contributed by atoms with Crippen LogP contribution in [0, 0.1) is 5.92 Å². The summed E-state index contributed by atoms with van der Waals surface area (Å²) in [7, 11) is 1.98. The largest absolute Gasteiger partial charge is 0.350 e. The zero-order valence-electron chi connectivity index (χ0n) is 15.8. The Kier molecular flexibility index (Phi) is 4.22. The van der Waals surface area contributed by atoms with Crippen molar-refractivity contribution < 1.29 is 9.59 Å². The molecule has 3 aromatic rings. The monoisotopic (exact) mass is 361 g/mol. The Labute approximate surface area is 158 Å². The lowest BCUT2D eigenvalue weighted by Crippen LogP contribution is -2.47. The second-order valence-corrected chi connectivity index (χ2v) is 7.43. The number of nitrogens with one attached hydrogen (secondary N) is 1. The van der Waals surface area contributed by atoms with Crippen LogP contribution >= 0.6 is 0 Å². The highest BCUT2D eigenvalue weighted by molar-refractivity contribution is 6.06. The first-order chi connectivity index (χ1) is 13.0. The minimum atomic E-state index is -0.524. The summed E-state index contributed by atoms with van der Waals surface area (Å²) in [6, 6.07) is 14.9. The molecule has 2 heterocycles. The third kappa shape index (κ3) is 2.89. The van der Waals surface area contributed by atoms with Crippen LogP contribution in [-0.2, 0) is 18.4 Å². The van der Waals surface area contributed by atoms with E-state index in [0.717, 1.165) is 22.2 Å². The van der Waals surface area contributed by atoms with Gasteiger partial charge in [0.05, 0.1) is 5.69 Å². The van der Waals surface area contributed by atoms with Crippen LogP contribution in [0.4, 0.5) is 5.69 Å². The SMILES string of the molecule is CC(C)[C@@H](C(=O)Nc1cccc2c1ccn2C)N1Cc2ccccc2C1=O. The number of carbonyl (C=O) groups excluding carboxylic acids is 2. The van der Waals surface area contributed by atoms with Gasteiger partial charge in [-0.15, -0.1) is 0 Å². The van der Waals surface area contributed by atoms with E-state index < -0.39 is 6.04 Å². The molecule has 1 aromatic heterocycles. The van der Waals surface area contributed by atoms with E-state index in [-0.39, 0.29) is 17.7 Å². The second kappa shape index (κ2) is 6.58. The zero-order valence-corrected chi connectivity index (χ0v) is 15.8. The first kappa shape index (κ1) is 17.3. The minimum absolute atomic E-state index is 0.00163. The Balaban J connectivity index is 1.63. The molecule has 4 rings (SSSR count). The van der Waals surface area contributed by atoms with Crippen LogP contribution in [-0.4, -0.2) is 27.3 Å². The maximum Gasteiger partial charge on any atom is 0.255 e. The predicted molar refractivity (Wildman–Crippen MR) is 106 cm³/mol. The van der Waals surface area contributed by atoms with Crippen molar-refractivity contribution in [2.75, 3.05) is 5.32 Å². The van der Waals surface area contributed by atoms with Crippen molar-refractivity contribution in [1.29, 1.82) is 0 Å². The summed E-state index contributed by atoms with van der Waals surface area (Å²) in [4.78, 5) is 27.7. The van der Waals surface area contributed by atoms with Gasteiger partial charge < -0.3 is 14.8 Å². The van der Waals surface area contributed by atoms with Crippen LogP contribution in [0.15, 0.2) is 54.7 Å². The van der Waals surface area contributed by atoms with Gasteiger partial charge >= 0.3 is 0 Å². The van der Waals surface area contributed by atoms with Gasteiger partial charge in [0, 0.05) is 36.3 Å². The molecule has 0 spiro atoms. The van der Waals surface area contributed by atoms with Gasteiger partial charge in [-0.25, -0.2) is 0 Å². The molecule has 2 aromatic carbocycles. The lowest BCUT2D eigenvalue weighted by Gasteiger charge is -2.30. The van der Waals surface area contributed by atoms with Crippen LogP contribution in [0.3, 0.4) is 0 Å². The van der Waals surface area contributed by atoms with Crippen molar-refractivity contribution in [3.8, 4) is 0 Å². The number of amides is 2. The lowest BCUT2D eigenvalue weighted by molar-refractivity contribution is -0.122. The Morgan fingerprint density at radius 1 is 1.07 bits per heavy atom. The average molecular weight is 361 g/mol. The van der Waals surface area contributed by atoms with E-state index >= 15 is 0 Å². The first-order valence-corrected chi connectivity index (χ1v) is 9.21. The third-order valence-corrected chi connectivity index (χ3v) is 5.27. The van der Waals surface area contributed by atoms with E-state index in [4.69, 9.17) is 0 Å². The number of nitrogens with zero attached hydrogens (tertiary/aromatic N) is 2. The van der Waals surface area contributed by atoms with Crippen molar-refractivity contribution in [3.05, 3.63) is 65.9 Å². The van der Waals surface area contributed by atoms with Crippen molar-refractivity contribution >= 4 is 28.4 Å². The van der Waals surface area contributed by atoms with Gasteiger partial charge in [0.15, 0.2) is 0 Å². The molecule has 1 aliphatic rings. The van der Waals surface area contributed by atoms with Gasteiger partial charge in [-0.05, 0) is 35.7 Å². The van der Waals surface area contributed by atoms with Gasteiger partial charge in [0.2, 0.25) is 5.91 Å². The number of carbonyl (C=O) groups is 2. The summed E-state index contributed by atoms with van der Waals surface area (Å²) < 4.78 is 2.02. The molecule has 0 unspecified atom stereocenters. The molecule has 1 atom stereocenters. The summed E-state index contributed by atoms with van der Waals surface area (Å²) in [5, 5.41) is 4.05. The fourth-order valence-corrected chi connectivity index (χ4v) is 3.92. The molecule has 0 radical (unpaired) electrons. The molecule has 138 valence electrons. The molecule has 5 nitrogen and oxygen atoms in total. The lowest BCUT2D eigenvalue weighted by atomic mass is 10.0. The van der Waals surface area contributed by atoms with E-state index in [9.17, 15) is 9.59 Å². The minimum Gasteiger partial charge on any atom is -0.350 e. The van der Waals surface area contributed by atoms with Gasteiger partial charge in [0.1, 0.15) is 6.04 Å². The van der Waals surface area contributed by atoms with Crippen LogP contribution in [0.5, 0.6) is 0 Å². The number of benzene rings is 2. The fourth-order valence-electron chi connectivity index (χ4n) is 3.92. The standard InChI is InChI=1S/C22H23N3O2/c1-14(2)20(25-13-15-7-4-5-8-16(15)22(25)27)21(26)23-18-9-6-10-19-17(18)11-12-24(19)3/h4-12,14,20H,13H2,1-3H3,(H,23,26)/t20-/m0/s1. The smallest absolute Gasteiger partial charge is 0.255 e.